The molecule has 0 saturated heterocycles. The van der Waals surface area contributed by atoms with Crippen LogP contribution >= 0.6 is 0 Å². The Kier molecular flexibility index (Phi) is 10.5. The molecule has 5 heteroatoms. The fraction of sp³-hybridized carbons (Fsp3) is 0.548. The van der Waals surface area contributed by atoms with E-state index in [1.54, 1.807) is 0 Å². The van der Waals surface area contributed by atoms with E-state index >= 15 is 0 Å². The molecule has 3 atom stereocenters. The van der Waals surface area contributed by atoms with E-state index in [4.69, 9.17) is 8.85 Å². The van der Waals surface area contributed by atoms with E-state index in [-0.39, 0.29) is 21.9 Å². The van der Waals surface area contributed by atoms with Gasteiger partial charge in [-0.25, -0.2) is 0 Å². The molecule has 1 N–H and O–H groups in total. The van der Waals surface area contributed by atoms with Crippen molar-refractivity contribution in [1.82, 2.24) is 0 Å². The van der Waals surface area contributed by atoms with Gasteiger partial charge in [0.2, 0.25) is 0 Å². The highest BCUT2D eigenvalue weighted by Crippen LogP contribution is 2.38. The molecule has 0 aliphatic rings. The number of aliphatic hydroxyl groups excluding tert-OH is 1. The second kappa shape index (κ2) is 12.4. The summed E-state index contributed by atoms with van der Waals surface area (Å²) in [6, 6.07) is 21.3. The summed E-state index contributed by atoms with van der Waals surface area (Å²) in [7, 11) is -4.38. The van der Waals surface area contributed by atoms with Gasteiger partial charge in [-0.15, -0.1) is 0 Å². The first-order valence-electron chi connectivity index (χ1n) is 13.4. The second-order valence-corrected chi connectivity index (χ2v) is 22.0. The van der Waals surface area contributed by atoms with Gasteiger partial charge in [0.15, 0.2) is 8.32 Å². The van der Waals surface area contributed by atoms with Gasteiger partial charge in [-0.3, -0.25) is 0 Å². The molecule has 0 spiro atoms. The van der Waals surface area contributed by atoms with Crippen LogP contribution in [0.4, 0.5) is 0 Å². The minimum Gasteiger partial charge on any atom is -0.416 e. The molecule has 0 bridgehead atoms. The van der Waals surface area contributed by atoms with Gasteiger partial charge in [0.25, 0.3) is 8.32 Å². The van der Waals surface area contributed by atoms with E-state index in [0.717, 1.165) is 0 Å². The van der Waals surface area contributed by atoms with Crippen LogP contribution in [0.1, 0.15) is 55.4 Å². The normalized spacial score (nSPS) is 16.2. The average molecular weight is 527 g/mol. The molecule has 0 aliphatic heterocycles. The molecule has 0 aromatic heterocycles. The number of rotatable bonds is 11. The predicted molar refractivity (Wildman–Crippen MR) is 160 cm³/mol. The maximum atomic E-state index is 11.0. The topological polar surface area (TPSA) is 38.7 Å². The lowest BCUT2D eigenvalue weighted by molar-refractivity contribution is 0.116. The zero-order valence-corrected chi connectivity index (χ0v) is 26.3. The van der Waals surface area contributed by atoms with Crippen molar-refractivity contribution in [3.05, 3.63) is 72.8 Å². The van der Waals surface area contributed by atoms with Crippen LogP contribution in [0.5, 0.6) is 0 Å². The number of aliphatic hydroxyl groups is 1. The van der Waals surface area contributed by atoms with Crippen LogP contribution in [0.15, 0.2) is 72.8 Å². The molecule has 0 aliphatic carbocycles. The summed E-state index contributed by atoms with van der Waals surface area (Å²) in [5.74, 6) is 0.218. The van der Waals surface area contributed by atoms with Gasteiger partial charge >= 0.3 is 0 Å². The molecule has 3 nitrogen and oxygen atoms in total. The molecule has 36 heavy (non-hydrogen) atoms. The fourth-order valence-electron chi connectivity index (χ4n) is 4.22. The van der Waals surface area contributed by atoms with Crippen molar-refractivity contribution in [2.24, 2.45) is 11.8 Å². The Morgan fingerprint density at radius 2 is 1.19 bits per heavy atom. The molecule has 0 unspecified atom stereocenters. The van der Waals surface area contributed by atoms with E-state index in [2.05, 4.69) is 135 Å². The van der Waals surface area contributed by atoms with Crippen LogP contribution in [-0.2, 0) is 8.85 Å². The average Bonchev–Trinajstić information content (AvgIpc) is 2.81. The summed E-state index contributed by atoms with van der Waals surface area (Å²) in [6.45, 7) is 23.6. The SMILES string of the molecule is C[C@H](/C=C\[C@H](O)[C@@H](C)CO[Si](c1ccccc1)(c1ccccc1)C(C)(C)C)CO[Si](C)(C)C(C)(C)C. The number of hydrogen-bond acceptors (Lipinski definition) is 3. The van der Waals surface area contributed by atoms with Gasteiger partial charge in [0.05, 0.1) is 6.10 Å². The van der Waals surface area contributed by atoms with Crippen LogP contribution < -0.4 is 10.4 Å². The maximum absolute atomic E-state index is 11.0. The van der Waals surface area contributed by atoms with Crippen LogP contribution in [0.25, 0.3) is 0 Å². The van der Waals surface area contributed by atoms with Crippen molar-refractivity contribution in [2.45, 2.75) is 84.7 Å². The quantitative estimate of drug-likeness (QED) is 0.259. The van der Waals surface area contributed by atoms with Crippen molar-refractivity contribution in [3.63, 3.8) is 0 Å². The highest BCUT2D eigenvalue weighted by molar-refractivity contribution is 6.99. The Morgan fingerprint density at radius 1 is 0.722 bits per heavy atom. The Morgan fingerprint density at radius 3 is 1.61 bits per heavy atom. The minimum absolute atomic E-state index is 0.0311. The molecule has 0 heterocycles. The second-order valence-electron chi connectivity index (χ2n) is 12.9. The number of hydrogen-bond donors (Lipinski definition) is 1. The molecular weight excluding hydrogens is 477 g/mol. The van der Waals surface area contributed by atoms with Crippen LogP contribution in [-0.4, -0.2) is 41.1 Å². The van der Waals surface area contributed by atoms with Gasteiger partial charge in [-0.1, -0.05) is 128 Å². The van der Waals surface area contributed by atoms with Gasteiger partial charge in [0, 0.05) is 19.1 Å². The van der Waals surface area contributed by atoms with Gasteiger partial charge in [-0.05, 0) is 39.5 Å². The summed E-state index contributed by atoms with van der Waals surface area (Å²) >= 11 is 0. The maximum Gasteiger partial charge on any atom is 0.261 e. The van der Waals surface area contributed by atoms with Gasteiger partial charge < -0.3 is 14.0 Å². The monoisotopic (exact) mass is 526 g/mol. The molecule has 2 aromatic rings. The minimum atomic E-state index is -2.60. The molecular formula is C31H50O3Si2. The highest BCUT2D eigenvalue weighted by atomic mass is 28.4. The van der Waals surface area contributed by atoms with Crippen molar-refractivity contribution in [1.29, 1.82) is 0 Å². The first-order valence-corrected chi connectivity index (χ1v) is 18.2. The molecule has 200 valence electrons. The standard InChI is InChI=1S/C31H50O3Si2/c1-25(23-33-35(9,10)30(3,4)5)21-22-29(32)26(2)24-34-36(31(6,7)8,27-17-13-11-14-18-27)28-19-15-12-16-20-28/h11-22,25-26,29,32H,23-24H2,1-10H3/b22-21-/t25-,26+,29+/m1/s1. The largest absolute Gasteiger partial charge is 0.416 e. The lowest BCUT2D eigenvalue weighted by atomic mass is 10.0. The zero-order valence-electron chi connectivity index (χ0n) is 24.3. The van der Waals surface area contributed by atoms with E-state index in [1.165, 1.54) is 10.4 Å². The third-order valence-electron chi connectivity index (χ3n) is 7.71. The first-order chi connectivity index (χ1) is 16.6. The molecule has 2 aromatic carbocycles. The third-order valence-corrected chi connectivity index (χ3v) is 17.2. The van der Waals surface area contributed by atoms with E-state index in [1.807, 2.05) is 6.08 Å². The van der Waals surface area contributed by atoms with E-state index in [9.17, 15) is 5.11 Å². The molecule has 0 fully saturated rings. The molecule has 2 rings (SSSR count). The Hall–Kier alpha value is -1.51. The van der Waals surface area contributed by atoms with Crippen molar-refractivity contribution in [2.75, 3.05) is 13.2 Å². The fourth-order valence-corrected chi connectivity index (χ4v) is 10.0. The van der Waals surface area contributed by atoms with Crippen LogP contribution in [0.3, 0.4) is 0 Å². The summed E-state index contributed by atoms with van der Waals surface area (Å²) in [6.07, 6.45) is 3.45. The predicted octanol–water partition coefficient (Wildman–Crippen LogP) is 6.77. The van der Waals surface area contributed by atoms with Crippen molar-refractivity contribution >= 4 is 27.0 Å². The smallest absolute Gasteiger partial charge is 0.261 e. The summed E-state index contributed by atoms with van der Waals surface area (Å²) in [5, 5.41) is 13.6. The van der Waals surface area contributed by atoms with Crippen LogP contribution in [0.2, 0.25) is 23.2 Å². The van der Waals surface area contributed by atoms with Gasteiger partial charge in [-0.2, -0.15) is 0 Å². The molecule has 0 radical (unpaired) electrons. The Labute approximate surface area is 223 Å². The van der Waals surface area contributed by atoms with Gasteiger partial charge in [0.1, 0.15) is 0 Å². The summed E-state index contributed by atoms with van der Waals surface area (Å²) < 4.78 is 13.4. The molecule has 0 saturated carbocycles. The summed E-state index contributed by atoms with van der Waals surface area (Å²) in [4.78, 5) is 0. The van der Waals surface area contributed by atoms with E-state index in [0.29, 0.717) is 13.2 Å². The first kappa shape index (κ1) is 30.7. The highest BCUT2D eigenvalue weighted by Gasteiger charge is 2.50. The lowest BCUT2D eigenvalue weighted by Crippen LogP contribution is -2.67. The Bertz CT molecular complexity index is 904. The summed E-state index contributed by atoms with van der Waals surface area (Å²) in [5.41, 5.74) is 0. The van der Waals surface area contributed by atoms with Crippen LogP contribution in [0, 0.1) is 11.8 Å². The number of benzene rings is 2. The van der Waals surface area contributed by atoms with Crippen molar-refractivity contribution in [3.8, 4) is 0 Å². The zero-order chi connectivity index (χ0) is 27.2. The lowest BCUT2D eigenvalue weighted by Gasteiger charge is -2.43. The molecule has 0 amide bonds. The van der Waals surface area contributed by atoms with Crippen molar-refractivity contribution < 1.29 is 14.0 Å². The van der Waals surface area contributed by atoms with E-state index < -0.39 is 22.7 Å². The Balaban J connectivity index is 2.16. The third kappa shape index (κ3) is 7.51.